The van der Waals surface area contributed by atoms with Crippen LogP contribution >= 0.6 is 0 Å². The van der Waals surface area contributed by atoms with Crippen molar-refractivity contribution in [1.29, 1.82) is 0 Å². The topological polar surface area (TPSA) is 69.1 Å². The Morgan fingerprint density at radius 2 is 2.42 bits per heavy atom. The molecule has 0 radical (unpaired) electrons. The highest BCUT2D eigenvalue weighted by Crippen LogP contribution is 2.06. The number of rotatable bonds is 4. The van der Waals surface area contributed by atoms with E-state index in [-0.39, 0.29) is 6.61 Å². The quantitative estimate of drug-likeness (QED) is 0.529. The first kappa shape index (κ1) is 9.44. The largest absolute Gasteiger partial charge is 0.610 e. The third-order valence-electron chi connectivity index (χ3n) is 1.28. The van der Waals surface area contributed by atoms with Gasteiger partial charge in [-0.1, -0.05) is 0 Å². The second-order valence-corrected chi connectivity index (χ2v) is 3.69. The Kier molecular flexibility index (Phi) is 3.99. The molecule has 1 N–H and O–H groups in total. The maximum Gasteiger partial charge on any atom is 0.247 e. The Morgan fingerprint density at radius 1 is 1.58 bits per heavy atom. The number of hydrogen-bond acceptors (Lipinski definition) is 4. The summed E-state index contributed by atoms with van der Waals surface area (Å²) in [6.45, 7) is 0.0663. The maximum atomic E-state index is 11.3. The van der Waals surface area contributed by atoms with E-state index in [1.807, 2.05) is 0 Å². The molecule has 0 saturated carbocycles. The first-order valence-corrected chi connectivity index (χ1v) is 4.91. The van der Waals surface area contributed by atoms with Crippen molar-refractivity contribution in [3.63, 3.8) is 0 Å². The van der Waals surface area contributed by atoms with Crippen molar-refractivity contribution in [2.75, 3.05) is 12.4 Å². The summed E-state index contributed by atoms with van der Waals surface area (Å²) in [6, 6.07) is 1.62. The van der Waals surface area contributed by atoms with Crippen molar-refractivity contribution >= 4 is 11.2 Å². The predicted molar refractivity (Wildman–Crippen MR) is 45.0 cm³/mol. The molecule has 1 aromatic heterocycles. The molecule has 0 saturated heterocycles. The second kappa shape index (κ2) is 5.08. The lowest BCUT2D eigenvalue weighted by molar-refractivity contribution is 0.295. The van der Waals surface area contributed by atoms with Gasteiger partial charge in [-0.2, -0.15) is 4.98 Å². The molecule has 1 aromatic rings. The normalized spacial score (nSPS) is 12.8. The molecule has 12 heavy (non-hydrogen) atoms. The Morgan fingerprint density at radius 3 is 3.00 bits per heavy atom. The van der Waals surface area contributed by atoms with Crippen LogP contribution < -0.4 is 0 Å². The number of aliphatic hydroxyl groups is 1. The summed E-state index contributed by atoms with van der Waals surface area (Å²) >= 11 is -1.09. The Bertz CT molecular complexity index is 220. The van der Waals surface area contributed by atoms with Crippen LogP contribution in [0.4, 0.5) is 0 Å². The van der Waals surface area contributed by atoms with Gasteiger partial charge in [0, 0.05) is 36.5 Å². The SMILES string of the molecule is [O-][S+](CCCO)c1ccncn1. The molecule has 0 aromatic carbocycles. The van der Waals surface area contributed by atoms with Crippen LogP contribution in [0.5, 0.6) is 0 Å². The summed E-state index contributed by atoms with van der Waals surface area (Å²) in [5.74, 6) is 0.452. The maximum absolute atomic E-state index is 11.3. The number of hydrogen-bond donors (Lipinski definition) is 1. The van der Waals surface area contributed by atoms with Gasteiger partial charge in [0.25, 0.3) is 0 Å². The Balaban J connectivity index is 2.48. The molecule has 1 atom stereocenters. The molecule has 0 aliphatic carbocycles. The zero-order valence-electron chi connectivity index (χ0n) is 6.51. The number of nitrogens with zero attached hydrogens (tertiary/aromatic N) is 2. The monoisotopic (exact) mass is 186 g/mol. The van der Waals surface area contributed by atoms with Crippen molar-refractivity contribution in [1.82, 2.24) is 9.97 Å². The van der Waals surface area contributed by atoms with E-state index in [0.29, 0.717) is 17.2 Å². The zero-order chi connectivity index (χ0) is 8.81. The fraction of sp³-hybridized carbons (Fsp3) is 0.429. The summed E-state index contributed by atoms with van der Waals surface area (Å²) in [4.78, 5) is 7.55. The molecular weight excluding hydrogens is 176 g/mol. The molecule has 5 heteroatoms. The average molecular weight is 186 g/mol. The summed E-state index contributed by atoms with van der Waals surface area (Å²) in [5, 5.41) is 9.02. The van der Waals surface area contributed by atoms with Gasteiger partial charge in [-0.3, -0.25) is 0 Å². The molecule has 0 bridgehead atoms. The highest BCUT2D eigenvalue weighted by Gasteiger charge is 2.10. The van der Waals surface area contributed by atoms with Crippen LogP contribution in [0.15, 0.2) is 23.6 Å². The molecule has 0 aliphatic rings. The minimum Gasteiger partial charge on any atom is -0.610 e. The fourth-order valence-electron chi connectivity index (χ4n) is 0.713. The van der Waals surface area contributed by atoms with E-state index in [1.54, 1.807) is 12.3 Å². The third-order valence-corrected chi connectivity index (χ3v) is 2.64. The standard InChI is InChI=1S/C7H10N2O2S/c10-4-1-5-12(11)7-2-3-8-6-9-7/h2-3,6,10H,1,4-5H2. The van der Waals surface area contributed by atoms with E-state index in [1.165, 1.54) is 6.33 Å². The van der Waals surface area contributed by atoms with Crippen molar-refractivity contribution in [2.24, 2.45) is 0 Å². The fourth-order valence-corrected chi connectivity index (χ4v) is 1.69. The molecule has 1 heterocycles. The van der Waals surface area contributed by atoms with Gasteiger partial charge < -0.3 is 9.66 Å². The first-order chi connectivity index (χ1) is 5.84. The summed E-state index contributed by atoms with van der Waals surface area (Å²) in [5.41, 5.74) is 0. The van der Waals surface area contributed by atoms with Crippen molar-refractivity contribution in [2.45, 2.75) is 11.4 Å². The number of aliphatic hydroxyl groups excluding tert-OH is 1. The lowest BCUT2D eigenvalue weighted by Crippen LogP contribution is -2.09. The Hall–Kier alpha value is -0.650. The van der Waals surface area contributed by atoms with Crippen LogP contribution in [0, 0.1) is 0 Å². The van der Waals surface area contributed by atoms with Crippen LogP contribution in [0.2, 0.25) is 0 Å². The van der Waals surface area contributed by atoms with Crippen molar-refractivity contribution < 1.29 is 9.66 Å². The molecule has 66 valence electrons. The van der Waals surface area contributed by atoms with Crippen LogP contribution in [0.3, 0.4) is 0 Å². The molecule has 0 amide bonds. The Labute approximate surface area is 73.9 Å². The number of aromatic nitrogens is 2. The van der Waals surface area contributed by atoms with Crippen LogP contribution in [0.1, 0.15) is 6.42 Å². The van der Waals surface area contributed by atoms with Gasteiger partial charge in [-0.05, 0) is 0 Å². The summed E-state index contributed by atoms with van der Waals surface area (Å²) < 4.78 is 11.3. The van der Waals surface area contributed by atoms with Gasteiger partial charge >= 0.3 is 0 Å². The van der Waals surface area contributed by atoms with Gasteiger partial charge in [-0.15, -0.1) is 0 Å². The highest BCUT2D eigenvalue weighted by molar-refractivity contribution is 7.91. The molecule has 1 rings (SSSR count). The van der Waals surface area contributed by atoms with Gasteiger partial charge in [0.2, 0.25) is 5.03 Å². The average Bonchev–Trinajstić information content (AvgIpc) is 2.15. The molecular formula is C7H10N2O2S. The smallest absolute Gasteiger partial charge is 0.247 e. The molecule has 0 fully saturated rings. The van der Waals surface area contributed by atoms with Crippen LogP contribution in [-0.4, -0.2) is 32.0 Å². The van der Waals surface area contributed by atoms with Gasteiger partial charge in [-0.25, -0.2) is 4.98 Å². The van der Waals surface area contributed by atoms with E-state index in [9.17, 15) is 4.55 Å². The van der Waals surface area contributed by atoms with E-state index in [4.69, 9.17) is 5.11 Å². The van der Waals surface area contributed by atoms with Crippen LogP contribution in [0.25, 0.3) is 0 Å². The first-order valence-electron chi connectivity index (χ1n) is 3.60. The molecule has 1 unspecified atom stereocenters. The van der Waals surface area contributed by atoms with Crippen LogP contribution in [-0.2, 0) is 11.2 Å². The minimum atomic E-state index is -1.09. The predicted octanol–water partition coefficient (Wildman–Crippen LogP) is -0.0334. The van der Waals surface area contributed by atoms with Gasteiger partial charge in [0.15, 0.2) is 0 Å². The van der Waals surface area contributed by atoms with Gasteiger partial charge in [0.05, 0.1) is 0 Å². The lowest BCUT2D eigenvalue weighted by atomic mass is 10.5. The lowest BCUT2D eigenvalue weighted by Gasteiger charge is -2.06. The summed E-state index contributed by atoms with van der Waals surface area (Å²) in [7, 11) is 0. The van der Waals surface area contributed by atoms with Crippen molar-refractivity contribution in [3.05, 3.63) is 18.6 Å². The van der Waals surface area contributed by atoms with E-state index in [2.05, 4.69) is 9.97 Å². The second-order valence-electron chi connectivity index (χ2n) is 2.17. The molecule has 0 aliphatic heterocycles. The zero-order valence-corrected chi connectivity index (χ0v) is 7.33. The van der Waals surface area contributed by atoms with E-state index in [0.717, 1.165) is 0 Å². The third kappa shape index (κ3) is 2.77. The van der Waals surface area contributed by atoms with Gasteiger partial charge in [0.1, 0.15) is 12.1 Å². The molecule has 4 nitrogen and oxygen atoms in total. The highest BCUT2D eigenvalue weighted by atomic mass is 32.2. The molecule has 0 spiro atoms. The van der Waals surface area contributed by atoms with E-state index < -0.39 is 11.2 Å². The minimum absolute atomic E-state index is 0.0663. The summed E-state index contributed by atoms with van der Waals surface area (Å²) in [6.07, 6.45) is 3.46. The van der Waals surface area contributed by atoms with Crippen molar-refractivity contribution in [3.8, 4) is 0 Å². The van der Waals surface area contributed by atoms with E-state index >= 15 is 0 Å².